The number of carbonyl (C=O) groups excluding carboxylic acids is 1. The molecular formula is C10H14N2O2. The van der Waals surface area contributed by atoms with Crippen LogP contribution in [0.1, 0.15) is 5.56 Å². The van der Waals surface area contributed by atoms with E-state index in [1.54, 1.807) is 0 Å². The summed E-state index contributed by atoms with van der Waals surface area (Å²) in [6.45, 7) is 1.68. The second kappa shape index (κ2) is 5.99. The molecule has 0 aliphatic carbocycles. The first-order valence-corrected chi connectivity index (χ1v) is 4.46. The van der Waals surface area contributed by atoms with Crippen LogP contribution in [-0.2, 0) is 11.3 Å². The number of hydrogen-bond donors (Lipinski definition) is 2. The molecule has 0 unspecified atom stereocenters. The minimum atomic E-state index is -0.730. The Morgan fingerprint density at radius 2 is 2.07 bits per heavy atom. The zero-order valence-corrected chi connectivity index (χ0v) is 7.90. The fourth-order valence-electron chi connectivity index (χ4n) is 1.05. The highest BCUT2D eigenvalue weighted by atomic mass is 16.5. The van der Waals surface area contributed by atoms with E-state index in [1.807, 2.05) is 30.3 Å². The number of nitrogens with two attached hydrogens (primary N) is 1. The first-order valence-electron chi connectivity index (χ1n) is 4.46. The van der Waals surface area contributed by atoms with Gasteiger partial charge in [0, 0.05) is 13.1 Å². The minimum Gasteiger partial charge on any atom is -0.448 e. The molecule has 4 heteroatoms. The van der Waals surface area contributed by atoms with Gasteiger partial charge in [-0.25, -0.2) is 4.79 Å². The van der Waals surface area contributed by atoms with Gasteiger partial charge in [0.1, 0.15) is 6.61 Å². The summed E-state index contributed by atoms with van der Waals surface area (Å²) in [5, 5.41) is 3.12. The fourth-order valence-corrected chi connectivity index (χ4v) is 1.05. The molecule has 1 rings (SSSR count). The molecule has 76 valence electrons. The Hall–Kier alpha value is -1.55. The van der Waals surface area contributed by atoms with Crippen molar-refractivity contribution in [2.45, 2.75) is 6.54 Å². The van der Waals surface area contributed by atoms with Crippen LogP contribution in [0.25, 0.3) is 0 Å². The van der Waals surface area contributed by atoms with Crippen LogP contribution in [-0.4, -0.2) is 19.2 Å². The second-order valence-corrected chi connectivity index (χ2v) is 2.83. The van der Waals surface area contributed by atoms with Crippen molar-refractivity contribution in [3.05, 3.63) is 35.9 Å². The Labute approximate surface area is 83.1 Å². The van der Waals surface area contributed by atoms with Crippen LogP contribution in [0.5, 0.6) is 0 Å². The first kappa shape index (κ1) is 10.5. The summed E-state index contributed by atoms with van der Waals surface area (Å²) in [5.74, 6) is 0. The Bertz CT molecular complexity index is 275. The van der Waals surface area contributed by atoms with Crippen LogP contribution in [0.2, 0.25) is 0 Å². The lowest BCUT2D eigenvalue weighted by Gasteiger charge is -2.04. The zero-order chi connectivity index (χ0) is 10.2. The van der Waals surface area contributed by atoms with Gasteiger partial charge in [-0.2, -0.15) is 0 Å². The van der Waals surface area contributed by atoms with Crippen molar-refractivity contribution in [2.24, 2.45) is 5.73 Å². The number of benzene rings is 1. The standard InChI is InChI=1S/C10H14N2O2/c11-10(13)14-7-6-12-8-9-4-2-1-3-5-9/h1-5,12H,6-8H2,(H2,11,13). The molecule has 0 aliphatic rings. The summed E-state index contributed by atoms with van der Waals surface area (Å²) >= 11 is 0. The van der Waals surface area contributed by atoms with E-state index in [1.165, 1.54) is 5.56 Å². The molecule has 0 radical (unpaired) electrons. The average Bonchev–Trinajstić information content (AvgIpc) is 2.18. The van der Waals surface area contributed by atoms with E-state index in [-0.39, 0.29) is 0 Å². The third-order valence-corrected chi connectivity index (χ3v) is 1.70. The highest BCUT2D eigenvalue weighted by Gasteiger charge is 1.93. The molecule has 0 aliphatic heterocycles. The molecule has 1 aromatic rings. The SMILES string of the molecule is NC(=O)OCCNCc1ccccc1. The van der Waals surface area contributed by atoms with E-state index in [0.29, 0.717) is 13.2 Å². The second-order valence-electron chi connectivity index (χ2n) is 2.83. The van der Waals surface area contributed by atoms with Gasteiger partial charge in [0.05, 0.1) is 0 Å². The topological polar surface area (TPSA) is 64.4 Å². The van der Waals surface area contributed by atoms with Crippen molar-refractivity contribution >= 4 is 6.09 Å². The lowest BCUT2D eigenvalue weighted by atomic mass is 10.2. The summed E-state index contributed by atoms with van der Waals surface area (Å²) in [6.07, 6.45) is -0.730. The van der Waals surface area contributed by atoms with E-state index >= 15 is 0 Å². The lowest BCUT2D eigenvalue weighted by molar-refractivity contribution is 0.157. The molecular weight excluding hydrogens is 180 g/mol. The van der Waals surface area contributed by atoms with Crippen molar-refractivity contribution in [1.29, 1.82) is 0 Å². The number of amides is 1. The molecule has 14 heavy (non-hydrogen) atoms. The number of carbonyl (C=O) groups is 1. The van der Waals surface area contributed by atoms with Crippen molar-refractivity contribution in [3.63, 3.8) is 0 Å². The van der Waals surface area contributed by atoms with Gasteiger partial charge >= 0.3 is 6.09 Å². The molecule has 4 nitrogen and oxygen atoms in total. The predicted octanol–water partition coefficient (Wildman–Crippen LogP) is 0.871. The van der Waals surface area contributed by atoms with E-state index in [2.05, 4.69) is 10.1 Å². The molecule has 0 atom stereocenters. The lowest BCUT2D eigenvalue weighted by Crippen LogP contribution is -2.23. The van der Waals surface area contributed by atoms with Crippen LogP contribution in [0, 0.1) is 0 Å². The third-order valence-electron chi connectivity index (χ3n) is 1.70. The zero-order valence-electron chi connectivity index (χ0n) is 7.90. The van der Waals surface area contributed by atoms with E-state index in [9.17, 15) is 4.79 Å². The van der Waals surface area contributed by atoms with E-state index < -0.39 is 6.09 Å². The quantitative estimate of drug-likeness (QED) is 0.684. The molecule has 0 aromatic heterocycles. The van der Waals surface area contributed by atoms with Gasteiger partial charge in [-0.15, -0.1) is 0 Å². The Morgan fingerprint density at radius 1 is 1.36 bits per heavy atom. The molecule has 0 saturated carbocycles. The predicted molar refractivity (Wildman–Crippen MR) is 53.7 cm³/mol. The van der Waals surface area contributed by atoms with Crippen LogP contribution >= 0.6 is 0 Å². The maximum Gasteiger partial charge on any atom is 0.404 e. The van der Waals surface area contributed by atoms with Gasteiger partial charge in [0.25, 0.3) is 0 Å². The normalized spacial score (nSPS) is 9.71. The van der Waals surface area contributed by atoms with E-state index in [0.717, 1.165) is 6.54 Å². The monoisotopic (exact) mass is 194 g/mol. The molecule has 3 N–H and O–H groups in total. The smallest absolute Gasteiger partial charge is 0.404 e. The van der Waals surface area contributed by atoms with Crippen molar-refractivity contribution in [2.75, 3.05) is 13.2 Å². The molecule has 0 saturated heterocycles. The van der Waals surface area contributed by atoms with Gasteiger partial charge in [-0.3, -0.25) is 0 Å². The first-order chi connectivity index (χ1) is 6.79. The molecule has 0 fully saturated rings. The summed E-state index contributed by atoms with van der Waals surface area (Å²) in [4.78, 5) is 10.2. The molecule has 1 aromatic carbocycles. The number of hydrogen-bond acceptors (Lipinski definition) is 3. The summed E-state index contributed by atoms with van der Waals surface area (Å²) < 4.78 is 4.56. The molecule has 0 spiro atoms. The third kappa shape index (κ3) is 4.47. The Morgan fingerprint density at radius 3 is 2.71 bits per heavy atom. The number of rotatable bonds is 5. The summed E-state index contributed by atoms with van der Waals surface area (Å²) in [7, 11) is 0. The van der Waals surface area contributed by atoms with Crippen LogP contribution < -0.4 is 11.1 Å². The minimum absolute atomic E-state index is 0.308. The number of nitrogens with one attached hydrogen (secondary N) is 1. The van der Waals surface area contributed by atoms with Crippen molar-refractivity contribution in [1.82, 2.24) is 5.32 Å². The maximum atomic E-state index is 10.2. The Kier molecular flexibility index (Phi) is 4.50. The van der Waals surface area contributed by atoms with Gasteiger partial charge in [0.2, 0.25) is 0 Å². The Balaban J connectivity index is 2.08. The highest BCUT2D eigenvalue weighted by Crippen LogP contribution is 1.96. The van der Waals surface area contributed by atoms with Gasteiger partial charge in [-0.1, -0.05) is 30.3 Å². The molecule has 0 heterocycles. The average molecular weight is 194 g/mol. The summed E-state index contributed by atoms with van der Waals surface area (Å²) in [5.41, 5.74) is 6.00. The van der Waals surface area contributed by atoms with Crippen LogP contribution in [0.3, 0.4) is 0 Å². The molecule has 1 amide bonds. The maximum absolute atomic E-state index is 10.2. The highest BCUT2D eigenvalue weighted by molar-refractivity contribution is 5.64. The van der Waals surface area contributed by atoms with Crippen LogP contribution in [0.15, 0.2) is 30.3 Å². The molecule has 0 bridgehead atoms. The number of ether oxygens (including phenoxy) is 1. The largest absolute Gasteiger partial charge is 0.448 e. The van der Waals surface area contributed by atoms with Crippen molar-refractivity contribution < 1.29 is 9.53 Å². The summed E-state index contributed by atoms with van der Waals surface area (Å²) in [6, 6.07) is 10.00. The van der Waals surface area contributed by atoms with Crippen LogP contribution in [0.4, 0.5) is 4.79 Å². The van der Waals surface area contributed by atoms with Gasteiger partial charge in [-0.05, 0) is 5.56 Å². The van der Waals surface area contributed by atoms with Gasteiger partial charge in [0.15, 0.2) is 0 Å². The van der Waals surface area contributed by atoms with Gasteiger partial charge < -0.3 is 15.8 Å². The van der Waals surface area contributed by atoms with Crippen molar-refractivity contribution in [3.8, 4) is 0 Å². The van der Waals surface area contributed by atoms with E-state index in [4.69, 9.17) is 5.73 Å². The number of primary amides is 1. The fraction of sp³-hybridized carbons (Fsp3) is 0.300.